The standard InChI is InChI=1S/C12H21N3O2S/c1-3-18(16,17)8-4-5-12(15-13)11-7-6-10(2)14-9-11/h6-7,9,12,15H,3-5,8,13H2,1-2H3. The molecule has 0 aliphatic rings. The average Bonchev–Trinajstić information content (AvgIpc) is 2.36. The summed E-state index contributed by atoms with van der Waals surface area (Å²) in [5.41, 5.74) is 4.64. The first-order chi connectivity index (χ1) is 8.48. The molecule has 5 nitrogen and oxygen atoms in total. The Morgan fingerprint density at radius 2 is 2.17 bits per heavy atom. The maximum absolute atomic E-state index is 11.4. The lowest BCUT2D eigenvalue weighted by atomic mass is 10.1. The maximum atomic E-state index is 11.4. The fourth-order valence-electron chi connectivity index (χ4n) is 1.68. The first-order valence-corrected chi connectivity index (χ1v) is 7.89. The minimum atomic E-state index is -2.90. The van der Waals surface area contributed by atoms with Crippen molar-refractivity contribution in [3.8, 4) is 0 Å². The number of hydrogen-bond acceptors (Lipinski definition) is 5. The van der Waals surface area contributed by atoms with Gasteiger partial charge in [0.1, 0.15) is 9.84 Å². The topological polar surface area (TPSA) is 85.1 Å². The molecule has 0 saturated carbocycles. The van der Waals surface area contributed by atoms with Crippen molar-refractivity contribution in [2.45, 2.75) is 32.7 Å². The Hall–Kier alpha value is -0.980. The van der Waals surface area contributed by atoms with E-state index in [1.165, 1.54) is 0 Å². The number of nitrogens with one attached hydrogen (secondary N) is 1. The highest BCUT2D eigenvalue weighted by atomic mass is 32.2. The first kappa shape index (κ1) is 15.1. The molecule has 102 valence electrons. The number of hydrazine groups is 1. The molecule has 0 aliphatic carbocycles. The van der Waals surface area contributed by atoms with E-state index in [1.54, 1.807) is 13.1 Å². The molecule has 0 amide bonds. The fraction of sp³-hybridized carbons (Fsp3) is 0.583. The molecule has 1 heterocycles. The van der Waals surface area contributed by atoms with Crippen LogP contribution in [0.1, 0.15) is 37.1 Å². The van der Waals surface area contributed by atoms with Crippen molar-refractivity contribution in [1.82, 2.24) is 10.4 Å². The lowest BCUT2D eigenvalue weighted by Gasteiger charge is -2.15. The molecule has 0 radical (unpaired) electrons. The zero-order valence-corrected chi connectivity index (χ0v) is 11.7. The van der Waals surface area contributed by atoms with E-state index in [9.17, 15) is 8.42 Å². The van der Waals surface area contributed by atoms with E-state index < -0.39 is 9.84 Å². The number of aryl methyl sites for hydroxylation is 1. The van der Waals surface area contributed by atoms with Crippen molar-refractivity contribution in [2.24, 2.45) is 5.84 Å². The second-order valence-electron chi connectivity index (χ2n) is 4.33. The van der Waals surface area contributed by atoms with Crippen LogP contribution >= 0.6 is 0 Å². The summed E-state index contributed by atoms with van der Waals surface area (Å²) in [5.74, 6) is 5.90. The molecule has 1 unspecified atom stereocenters. The maximum Gasteiger partial charge on any atom is 0.150 e. The van der Waals surface area contributed by atoms with Gasteiger partial charge in [-0.15, -0.1) is 0 Å². The Bertz CT molecular complexity index is 457. The SMILES string of the molecule is CCS(=O)(=O)CCCC(NN)c1ccc(C)nc1. The van der Waals surface area contributed by atoms with E-state index in [-0.39, 0.29) is 17.5 Å². The molecular formula is C12H21N3O2S. The normalized spacial score (nSPS) is 13.5. The molecule has 18 heavy (non-hydrogen) atoms. The first-order valence-electron chi connectivity index (χ1n) is 6.07. The summed E-state index contributed by atoms with van der Waals surface area (Å²) in [6.07, 6.45) is 3.05. The predicted octanol–water partition coefficient (Wildman–Crippen LogP) is 1.11. The van der Waals surface area contributed by atoms with E-state index in [2.05, 4.69) is 10.4 Å². The highest BCUT2D eigenvalue weighted by molar-refractivity contribution is 7.91. The summed E-state index contributed by atoms with van der Waals surface area (Å²) in [6, 6.07) is 3.83. The highest BCUT2D eigenvalue weighted by Crippen LogP contribution is 2.17. The van der Waals surface area contributed by atoms with Gasteiger partial charge in [0.25, 0.3) is 0 Å². The summed E-state index contributed by atoms with van der Waals surface area (Å²) in [7, 11) is -2.90. The lowest BCUT2D eigenvalue weighted by Crippen LogP contribution is -2.28. The van der Waals surface area contributed by atoms with Gasteiger partial charge in [0.05, 0.1) is 5.75 Å². The Labute approximate surface area is 109 Å². The molecule has 0 fully saturated rings. The summed E-state index contributed by atoms with van der Waals surface area (Å²) in [5, 5.41) is 0. The number of rotatable bonds is 7. The fourth-order valence-corrected chi connectivity index (χ4v) is 2.58. The average molecular weight is 271 g/mol. The molecule has 6 heteroatoms. The van der Waals surface area contributed by atoms with Crippen molar-refractivity contribution in [3.63, 3.8) is 0 Å². The number of pyridine rings is 1. The third-order valence-electron chi connectivity index (χ3n) is 2.93. The number of sulfone groups is 1. The minimum absolute atomic E-state index is 0.0508. The Morgan fingerprint density at radius 3 is 2.67 bits per heavy atom. The Morgan fingerprint density at radius 1 is 1.44 bits per heavy atom. The van der Waals surface area contributed by atoms with Crippen LogP contribution in [0.15, 0.2) is 18.3 Å². The summed E-state index contributed by atoms with van der Waals surface area (Å²) < 4.78 is 22.8. The molecule has 0 bridgehead atoms. The van der Waals surface area contributed by atoms with Gasteiger partial charge in [0.15, 0.2) is 0 Å². The number of aromatic nitrogens is 1. The Kier molecular flexibility index (Phi) is 5.71. The van der Waals surface area contributed by atoms with Crippen LogP contribution < -0.4 is 11.3 Å². The van der Waals surface area contributed by atoms with Crippen molar-refractivity contribution in [2.75, 3.05) is 11.5 Å². The molecule has 0 spiro atoms. The van der Waals surface area contributed by atoms with Crippen LogP contribution in [0, 0.1) is 6.92 Å². The van der Waals surface area contributed by atoms with E-state index in [1.807, 2.05) is 19.1 Å². The molecule has 0 aromatic carbocycles. The molecule has 0 saturated heterocycles. The van der Waals surface area contributed by atoms with Crippen molar-refractivity contribution < 1.29 is 8.42 Å². The van der Waals surface area contributed by atoms with Gasteiger partial charge in [-0.1, -0.05) is 13.0 Å². The number of nitrogens with zero attached hydrogens (tertiary/aromatic N) is 1. The third-order valence-corrected chi connectivity index (χ3v) is 4.72. The van der Waals surface area contributed by atoms with Gasteiger partial charge in [-0.3, -0.25) is 16.3 Å². The quantitative estimate of drug-likeness (QED) is 0.573. The van der Waals surface area contributed by atoms with Crippen LogP contribution in [0.25, 0.3) is 0 Å². The highest BCUT2D eigenvalue weighted by Gasteiger charge is 2.12. The molecule has 3 N–H and O–H groups in total. The number of nitrogens with two attached hydrogens (primary N) is 1. The lowest BCUT2D eigenvalue weighted by molar-refractivity contribution is 0.506. The van der Waals surface area contributed by atoms with Gasteiger partial charge in [-0.25, -0.2) is 8.42 Å². The van der Waals surface area contributed by atoms with Gasteiger partial charge < -0.3 is 0 Å². The largest absolute Gasteiger partial charge is 0.271 e. The zero-order chi connectivity index (χ0) is 13.6. The summed E-state index contributed by atoms with van der Waals surface area (Å²) >= 11 is 0. The zero-order valence-electron chi connectivity index (χ0n) is 10.9. The minimum Gasteiger partial charge on any atom is -0.271 e. The van der Waals surface area contributed by atoms with E-state index >= 15 is 0 Å². The predicted molar refractivity (Wildman–Crippen MR) is 72.6 cm³/mol. The van der Waals surface area contributed by atoms with Gasteiger partial charge in [0.2, 0.25) is 0 Å². The van der Waals surface area contributed by atoms with Crippen LogP contribution in [-0.2, 0) is 9.84 Å². The Balaban J connectivity index is 2.55. The smallest absolute Gasteiger partial charge is 0.150 e. The van der Waals surface area contributed by atoms with Crippen molar-refractivity contribution in [3.05, 3.63) is 29.6 Å². The van der Waals surface area contributed by atoms with Crippen molar-refractivity contribution >= 4 is 9.84 Å². The third kappa shape index (κ3) is 4.72. The van der Waals surface area contributed by atoms with Gasteiger partial charge >= 0.3 is 0 Å². The number of hydrogen-bond donors (Lipinski definition) is 2. The van der Waals surface area contributed by atoms with Gasteiger partial charge in [-0.05, 0) is 31.4 Å². The van der Waals surface area contributed by atoms with Crippen LogP contribution in [0.5, 0.6) is 0 Å². The van der Waals surface area contributed by atoms with Gasteiger partial charge in [0, 0.05) is 23.7 Å². The van der Waals surface area contributed by atoms with E-state index in [4.69, 9.17) is 5.84 Å². The second-order valence-corrected chi connectivity index (χ2v) is 6.80. The van der Waals surface area contributed by atoms with Crippen LogP contribution in [0.2, 0.25) is 0 Å². The molecule has 1 aromatic rings. The molecule has 1 rings (SSSR count). The van der Waals surface area contributed by atoms with Crippen molar-refractivity contribution in [1.29, 1.82) is 0 Å². The molecular weight excluding hydrogens is 250 g/mol. The summed E-state index contributed by atoms with van der Waals surface area (Å²) in [6.45, 7) is 3.58. The second kappa shape index (κ2) is 6.82. The van der Waals surface area contributed by atoms with E-state index in [0.717, 1.165) is 11.3 Å². The van der Waals surface area contributed by atoms with Crippen LogP contribution in [0.3, 0.4) is 0 Å². The molecule has 1 aromatic heterocycles. The summed E-state index contributed by atoms with van der Waals surface area (Å²) in [4.78, 5) is 4.21. The van der Waals surface area contributed by atoms with Crippen LogP contribution in [-0.4, -0.2) is 24.9 Å². The van der Waals surface area contributed by atoms with Crippen LogP contribution in [0.4, 0.5) is 0 Å². The van der Waals surface area contributed by atoms with E-state index in [0.29, 0.717) is 12.8 Å². The monoisotopic (exact) mass is 271 g/mol. The van der Waals surface area contributed by atoms with Gasteiger partial charge in [-0.2, -0.15) is 0 Å². The molecule has 0 aliphatic heterocycles. The molecule has 1 atom stereocenters.